The number of hydrogen-bond acceptors (Lipinski definition) is 4. The molecule has 0 aliphatic rings. The predicted molar refractivity (Wildman–Crippen MR) is 96.8 cm³/mol. The van der Waals surface area contributed by atoms with Crippen LogP contribution < -0.4 is 15.6 Å². The molecule has 1 heterocycles. The van der Waals surface area contributed by atoms with E-state index in [2.05, 4.69) is 17.2 Å². The van der Waals surface area contributed by atoms with E-state index in [1.165, 1.54) is 17.0 Å². The lowest BCUT2D eigenvalue weighted by Gasteiger charge is -2.10. The number of hydrogen-bond donors (Lipinski definition) is 1. The lowest BCUT2D eigenvalue weighted by molar-refractivity contribution is -0.121. The molecule has 0 bridgehead atoms. The van der Waals surface area contributed by atoms with Gasteiger partial charge < -0.3 is 10.1 Å². The van der Waals surface area contributed by atoms with Crippen LogP contribution in [0.2, 0.25) is 0 Å². The van der Waals surface area contributed by atoms with Crippen LogP contribution in [0.5, 0.6) is 5.75 Å². The molecule has 0 saturated carbocycles. The summed E-state index contributed by atoms with van der Waals surface area (Å²) >= 11 is 0. The first kappa shape index (κ1) is 18.7. The molecule has 0 aliphatic carbocycles. The van der Waals surface area contributed by atoms with Crippen LogP contribution in [0, 0.1) is 0 Å². The van der Waals surface area contributed by atoms with Crippen LogP contribution in [0.3, 0.4) is 0 Å². The van der Waals surface area contributed by atoms with Crippen LogP contribution in [-0.2, 0) is 24.2 Å². The molecule has 1 aromatic carbocycles. The van der Waals surface area contributed by atoms with Crippen molar-refractivity contribution in [1.82, 2.24) is 14.9 Å². The van der Waals surface area contributed by atoms with Crippen LogP contribution >= 0.6 is 0 Å². The number of nitrogens with zero attached hydrogens (tertiary/aromatic N) is 2. The molecule has 1 aromatic heterocycles. The van der Waals surface area contributed by atoms with Gasteiger partial charge in [0, 0.05) is 18.3 Å². The molecule has 1 amide bonds. The van der Waals surface area contributed by atoms with Crippen LogP contribution in [0.25, 0.3) is 0 Å². The third-order valence-electron chi connectivity index (χ3n) is 3.95. The molecule has 6 heteroatoms. The minimum atomic E-state index is -0.208. The molecular formula is C19H25N3O3. The molecule has 0 fully saturated rings. The van der Waals surface area contributed by atoms with E-state index in [4.69, 9.17) is 4.74 Å². The maximum atomic E-state index is 12.0. The number of carbonyl (C=O) groups excluding carboxylic acids is 1. The summed E-state index contributed by atoms with van der Waals surface area (Å²) in [6.45, 7) is 2.55. The van der Waals surface area contributed by atoms with Crippen LogP contribution in [0.4, 0.5) is 0 Å². The Morgan fingerprint density at radius 1 is 1.28 bits per heavy atom. The Morgan fingerprint density at radius 2 is 2.08 bits per heavy atom. The minimum absolute atomic E-state index is 0.0220. The van der Waals surface area contributed by atoms with E-state index in [0.29, 0.717) is 13.0 Å². The monoisotopic (exact) mass is 343 g/mol. The standard InChI is InChI=1S/C19H25N3O3/c1-3-4-8-16-12-19(24)22(14-21-16)13-18(23)20-11-10-15-7-5-6-9-17(15)25-2/h5-7,9,12,14H,3-4,8,10-11,13H2,1-2H3,(H,20,23). The minimum Gasteiger partial charge on any atom is -0.496 e. The number of carbonyl (C=O) groups is 1. The molecule has 25 heavy (non-hydrogen) atoms. The van der Waals surface area contributed by atoms with Gasteiger partial charge in [0.1, 0.15) is 12.3 Å². The molecular weight excluding hydrogens is 318 g/mol. The first-order valence-electron chi connectivity index (χ1n) is 8.58. The molecule has 2 aromatic rings. The van der Waals surface area contributed by atoms with E-state index >= 15 is 0 Å². The van der Waals surface area contributed by atoms with E-state index in [0.717, 1.165) is 36.3 Å². The Morgan fingerprint density at radius 3 is 2.80 bits per heavy atom. The number of ether oxygens (including phenoxy) is 1. The number of benzene rings is 1. The van der Waals surface area contributed by atoms with Crippen molar-refractivity contribution in [1.29, 1.82) is 0 Å². The van der Waals surface area contributed by atoms with Crippen molar-refractivity contribution in [3.05, 3.63) is 58.3 Å². The predicted octanol–water partition coefficient (Wildman–Crippen LogP) is 1.95. The molecule has 0 atom stereocenters. The van der Waals surface area contributed by atoms with Crippen molar-refractivity contribution in [2.24, 2.45) is 0 Å². The summed E-state index contributed by atoms with van der Waals surface area (Å²) in [5.41, 5.74) is 1.62. The Kier molecular flexibility index (Phi) is 7.19. The fraction of sp³-hybridized carbons (Fsp3) is 0.421. The Hall–Kier alpha value is -2.63. The van der Waals surface area contributed by atoms with Crippen molar-refractivity contribution in [2.45, 2.75) is 39.2 Å². The van der Waals surface area contributed by atoms with Gasteiger partial charge in [-0.3, -0.25) is 14.2 Å². The third-order valence-corrected chi connectivity index (χ3v) is 3.95. The molecule has 6 nitrogen and oxygen atoms in total. The number of unbranched alkanes of at least 4 members (excludes halogenated alkanes) is 1. The Balaban J connectivity index is 1.85. The fourth-order valence-electron chi connectivity index (χ4n) is 2.53. The van der Waals surface area contributed by atoms with Crippen molar-refractivity contribution < 1.29 is 9.53 Å². The van der Waals surface area contributed by atoms with Crippen molar-refractivity contribution >= 4 is 5.91 Å². The second-order valence-electron chi connectivity index (χ2n) is 5.86. The summed E-state index contributed by atoms with van der Waals surface area (Å²) in [6.07, 6.45) is 4.96. The lowest BCUT2D eigenvalue weighted by Crippen LogP contribution is -2.33. The summed E-state index contributed by atoms with van der Waals surface area (Å²) < 4.78 is 6.61. The lowest BCUT2D eigenvalue weighted by atomic mass is 10.1. The summed E-state index contributed by atoms with van der Waals surface area (Å²) in [5.74, 6) is 0.597. The van der Waals surface area contributed by atoms with Crippen LogP contribution in [0.15, 0.2) is 41.5 Å². The van der Waals surface area contributed by atoms with Crippen molar-refractivity contribution in [3.63, 3.8) is 0 Å². The smallest absolute Gasteiger partial charge is 0.253 e. The molecule has 0 spiro atoms. The Labute approximate surface area is 147 Å². The highest BCUT2D eigenvalue weighted by atomic mass is 16.5. The highest BCUT2D eigenvalue weighted by molar-refractivity contribution is 5.75. The number of nitrogens with one attached hydrogen (secondary N) is 1. The van der Waals surface area contributed by atoms with E-state index in [9.17, 15) is 9.59 Å². The van der Waals surface area contributed by atoms with E-state index in [1.54, 1.807) is 7.11 Å². The van der Waals surface area contributed by atoms with Gasteiger partial charge in [-0.15, -0.1) is 0 Å². The summed E-state index contributed by atoms with van der Waals surface area (Å²) in [7, 11) is 1.63. The highest BCUT2D eigenvalue weighted by Gasteiger charge is 2.07. The fourth-order valence-corrected chi connectivity index (χ4v) is 2.53. The summed E-state index contributed by atoms with van der Waals surface area (Å²) in [4.78, 5) is 28.3. The number of amides is 1. The summed E-state index contributed by atoms with van der Waals surface area (Å²) in [6, 6.07) is 9.21. The Bertz CT molecular complexity index is 756. The van der Waals surface area contributed by atoms with E-state index < -0.39 is 0 Å². The number of aromatic nitrogens is 2. The number of aryl methyl sites for hydroxylation is 1. The number of methoxy groups -OCH3 is 1. The van der Waals surface area contributed by atoms with Crippen molar-refractivity contribution in [3.8, 4) is 5.75 Å². The van der Waals surface area contributed by atoms with E-state index in [1.807, 2.05) is 24.3 Å². The molecule has 0 aliphatic heterocycles. The SMILES string of the molecule is CCCCc1cc(=O)n(CC(=O)NCCc2ccccc2OC)cn1. The van der Waals surface area contributed by atoms with E-state index in [-0.39, 0.29) is 18.0 Å². The molecule has 1 N–H and O–H groups in total. The average Bonchev–Trinajstić information content (AvgIpc) is 2.62. The van der Waals surface area contributed by atoms with Gasteiger partial charge >= 0.3 is 0 Å². The normalized spacial score (nSPS) is 10.5. The van der Waals surface area contributed by atoms with Crippen molar-refractivity contribution in [2.75, 3.05) is 13.7 Å². The maximum Gasteiger partial charge on any atom is 0.253 e. The second kappa shape index (κ2) is 9.61. The zero-order chi connectivity index (χ0) is 18.1. The number of para-hydroxylation sites is 1. The van der Waals surface area contributed by atoms with Gasteiger partial charge in [-0.2, -0.15) is 0 Å². The molecule has 2 rings (SSSR count). The van der Waals surface area contributed by atoms with Crippen LogP contribution in [-0.4, -0.2) is 29.1 Å². The number of rotatable bonds is 9. The second-order valence-corrected chi connectivity index (χ2v) is 5.86. The molecule has 0 radical (unpaired) electrons. The third kappa shape index (κ3) is 5.74. The molecule has 134 valence electrons. The van der Waals surface area contributed by atoms with Gasteiger partial charge in [0.25, 0.3) is 5.56 Å². The first-order chi connectivity index (χ1) is 12.1. The van der Waals surface area contributed by atoms with Gasteiger partial charge in [-0.05, 0) is 30.9 Å². The topological polar surface area (TPSA) is 73.2 Å². The van der Waals surface area contributed by atoms with Gasteiger partial charge in [0.2, 0.25) is 5.91 Å². The van der Waals surface area contributed by atoms with Gasteiger partial charge in [0.05, 0.1) is 13.4 Å². The largest absolute Gasteiger partial charge is 0.496 e. The first-order valence-corrected chi connectivity index (χ1v) is 8.58. The van der Waals surface area contributed by atoms with Gasteiger partial charge in [-0.1, -0.05) is 31.5 Å². The quantitative estimate of drug-likeness (QED) is 0.755. The average molecular weight is 343 g/mol. The zero-order valence-electron chi connectivity index (χ0n) is 14.8. The molecule has 0 unspecified atom stereocenters. The van der Waals surface area contributed by atoms with Gasteiger partial charge in [-0.25, -0.2) is 4.98 Å². The highest BCUT2D eigenvalue weighted by Crippen LogP contribution is 2.17. The van der Waals surface area contributed by atoms with Gasteiger partial charge in [0.15, 0.2) is 0 Å². The van der Waals surface area contributed by atoms with Crippen LogP contribution in [0.1, 0.15) is 31.0 Å². The maximum absolute atomic E-state index is 12.0. The zero-order valence-corrected chi connectivity index (χ0v) is 14.8. The summed E-state index contributed by atoms with van der Waals surface area (Å²) in [5, 5.41) is 2.83. The molecule has 0 saturated heterocycles.